The first kappa shape index (κ1) is 14.7. The lowest BCUT2D eigenvalue weighted by molar-refractivity contribution is 0.199. The van der Waals surface area contributed by atoms with E-state index in [1.165, 1.54) is 24.0 Å². The Labute approximate surface area is 111 Å². The average Bonchev–Trinajstić information content (AvgIpc) is 2.43. The van der Waals surface area contributed by atoms with Crippen LogP contribution in [0.25, 0.3) is 0 Å². The standard InChI is InChI=1S/C13H14.C4H10O/c1-3-7-12(8-4-1)11-13-9-5-2-6-10-13;1-3-4-5-2/h1,3-5,7-10H,2,6,11H2;3-4H2,1-2H3. The highest BCUT2D eigenvalue weighted by Crippen LogP contribution is 2.14. The fourth-order valence-corrected chi connectivity index (χ4v) is 1.83. The molecule has 0 saturated heterocycles. The summed E-state index contributed by atoms with van der Waals surface area (Å²) >= 11 is 0. The van der Waals surface area contributed by atoms with Crippen LogP contribution in [0.5, 0.6) is 0 Å². The smallest absolute Gasteiger partial charge is 0.0459 e. The molecule has 0 saturated carbocycles. The van der Waals surface area contributed by atoms with Crippen LogP contribution >= 0.6 is 0 Å². The molecule has 1 heteroatoms. The van der Waals surface area contributed by atoms with E-state index in [2.05, 4.69) is 55.5 Å². The second-order valence-corrected chi connectivity index (χ2v) is 4.41. The summed E-state index contributed by atoms with van der Waals surface area (Å²) in [7, 11) is 1.71. The zero-order valence-electron chi connectivity index (χ0n) is 11.6. The van der Waals surface area contributed by atoms with E-state index in [4.69, 9.17) is 4.74 Å². The third-order valence-corrected chi connectivity index (χ3v) is 2.73. The van der Waals surface area contributed by atoms with Crippen LogP contribution < -0.4 is 0 Å². The highest BCUT2D eigenvalue weighted by Gasteiger charge is 1.98. The molecule has 18 heavy (non-hydrogen) atoms. The van der Waals surface area contributed by atoms with Crippen LogP contribution in [0.1, 0.15) is 31.7 Å². The third kappa shape index (κ3) is 6.41. The van der Waals surface area contributed by atoms with E-state index in [9.17, 15) is 0 Å². The van der Waals surface area contributed by atoms with Gasteiger partial charge in [0.2, 0.25) is 0 Å². The molecule has 1 nitrogen and oxygen atoms in total. The second kappa shape index (κ2) is 9.67. The average molecular weight is 244 g/mol. The van der Waals surface area contributed by atoms with Crippen molar-refractivity contribution < 1.29 is 4.74 Å². The van der Waals surface area contributed by atoms with Gasteiger partial charge in [0.05, 0.1) is 0 Å². The Hall–Kier alpha value is -1.34. The summed E-state index contributed by atoms with van der Waals surface area (Å²) in [5.74, 6) is 0. The molecular formula is C17H24O. The number of allylic oxidation sites excluding steroid dienone is 4. The zero-order chi connectivity index (χ0) is 13.1. The van der Waals surface area contributed by atoms with E-state index in [-0.39, 0.29) is 0 Å². The van der Waals surface area contributed by atoms with Gasteiger partial charge in [0.25, 0.3) is 0 Å². The van der Waals surface area contributed by atoms with Gasteiger partial charge in [-0.3, -0.25) is 0 Å². The van der Waals surface area contributed by atoms with Gasteiger partial charge < -0.3 is 4.74 Å². The number of hydrogen-bond acceptors (Lipinski definition) is 1. The molecule has 0 aliphatic heterocycles. The van der Waals surface area contributed by atoms with E-state index in [1.807, 2.05) is 0 Å². The summed E-state index contributed by atoms with van der Waals surface area (Å²) in [6.07, 6.45) is 11.5. The molecule has 2 rings (SSSR count). The van der Waals surface area contributed by atoms with Gasteiger partial charge >= 0.3 is 0 Å². The molecule has 0 unspecified atom stereocenters. The van der Waals surface area contributed by atoms with Gasteiger partial charge in [-0.05, 0) is 36.8 Å². The third-order valence-electron chi connectivity index (χ3n) is 2.73. The molecule has 1 aromatic rings. The Bertz CT molecular complexity index is 360. The molecule has 0 N–H and O–H groups in total. The molecule has 0 amide bonds. The first-order valence-corrected chi connectivity index (χ1v) is 6.75. The van der Waals surface area contributed by atoms with Crippen LogP contribution in [0.3, 0.4) is 0 Å². The normalized spacial score (nSPS) is 13.6. The molecule has 0 fully saturated rings. The first-order chi connectivity index (χ1) is 8.86. The van der Waals surface area contributed by atoms with Crippen LogP contribution in [0.2, 0.25) is 0 Å². The summed E-state index contributed by atoms with van der Waals surface area (Å²) in [6, 6.07) is 10.6. The highest BCUT2D eigenvalue weighted by molar-refractivity contribution is 5.29. The van der Waals surface area contributed by atoms with Gasteiger partial charge in [-0.15, -0.1) is 0 Å². The predicted molar refractivity (Wildman–Crippen MR) is 78.8 cm³/mol. The van der Waals surface area contributed by atoms with Crippen LogP contribution in [0.4, 0.5) is 0 Å². The monoisotopic (exact) mass is 244 g/mol. The number of rotatable bonds is 4. The molecule has 1 aliphatic carbocycles. The van der Waals surface area contributed by atoms with Gasteiger partial charge in [-0.2, -0.15) is 0 Å². The Morgan fingerprint density at radius 1 is 1.11 bits per heavy atom. The topological polar surface area (TPSA) is 9.23 Å². The summed E-state index contributed by atoms with van der Waals surface area (Å²) in [4.78, 5) is 0. The molecule has 0 aromatic heterocycles. The Morgan fingerprint density at radius 3 is 2.39 bits per heavy atom. The van der Waals surface area contributed by atoms with Crippen molar-refractivity contribution in [3.05, 3.63) is 59.7 Å². The van der Waals surface area contributed by atoms with Gasteiger partial charge in [0, 0.05) is 13.7 Å². The van der Waals surface area contributed by atoms with Crippen molar-refractivity contribution in [1.29, 1.82) is 0 Å². The van der Waals surface area contributed by atoms with Crippen molar-refractivity contribution in [3.8, 4) is 0 Å². The predicted octanol–water partition coefficient (Wildman–Crippen LogP) is 4.55. The van der Waals surface area contributed by atoms with Crippen molar-refractivity contribution >= 4 is 0 Å². The van der Waals surface area contributed by atoms with Crippen molar-refractivity contribution in [2.24, 2.45) is 0 Å². The lowest BCUT2D eigenvalue weighted by Gasteiger charge is -2.06. The SMILES string of the molecule is C1=CC(Cc2ccccc2)=CCC1.CCCOC. The minimum atomic E-state index is 0.889. The number of hydrogen-bond donors (Lipinski definition) is 0. The molecule has 0 heterocycles. The first-order valence-electron chi connectivity index (χ1n) is 6.75. The highest BCUT2D eigenvalue weighted by atomic mass is 16.5. The maximum atomic E-state index is 4.69. The van der Waals surface area contributed by atoms with Gasteiger partial charge in [0.15, 0.2) is 0 Å². The summed E-state index contributed by atoms with van der Waals surface area (Å²) in [6.45, 7) is 2.98. The van der Waals surface area contributed by atoms with Gasteiger partial charge in [-0.25, -0.2) is 0 Å². The van der Waals surface area contributed by atoms with Crippen LogP contribution in [0, 0.1) is 0 Å². The molecule has 1 aliphatic rings. The van der Waals surface area contributed by atoms with E-state index < -0.39 is 0 Å². The van der Waals surface area contributed by atoms with Crippen molar-refractivity contribution in [2.45, 2.75) is 32.6 Å². The van der Waals surface area contributed by atoms with Crippen molar-refractivity contribution in [3.63, 3.8) is 0 Å². The number of ether oxygens (including phenoxy) is 1. The molecule has 0 bridgehead atoms. The van der Waals surface area contributed by atoms with E-state index >= 15 is 0 Å². The summed E-state index contributed by atoms with van der Waals surface area (Å²) < 4.78 is 4.69. The fraction of sp³-hybridized carbons (Fsp3) is 0.412. The van der Waals surface area contributed by atoms with Crippen molar-refractivity contribution in [1.82, 2.24) is 0 Å². The zero-order valence-corrected chi connectivity index (χ0v) is 11.6. The van der Waals surface area contributed by atoms with E-state index in [0.717, 1.165) is 19.4 Å². The van der Waals surface area contributed by atoms with Crippen LogP contribution in [-0.2, 0) is 11.2 Å². The minimum absolute atomic E-state index is 0.889. The maximum absolute atomic E-state index is 4.69. The summed E-state index contributed by atoms with van der Waals surface area (Å²) in [5, 5.41) is 0. The molecule has 0 spiro atoms. The summed E-state index contributed by atoms with van der Waals surface area (Å²) in [5.41, 5.74) is 2.86. The maximum Gasteiger partial charge on any atom is 0.0459 e. The fourth-order valence-electron chi connectivity index (χ4n) is 1.83. The number of benzene rings is 1. The van der Waals surface area contributed by atoms with Gasteiger partial charge in [-0.1, -0.05) is 55.5 Å². The minimum Gasteiger partial charge on any atom is -0.385 e. The van der Waals surface area contributed by atoms with E-state index in [1.54, 1.807) is 7.11 Å². The van der Waals surface area contributed by atoms with Gasteiger partial charge in [0.1, 0.15) is 0 Å². The quantitative estimate of drug-likeness (QED) is 0.755. The van der Waals surface area contributed by atoms with E-state index in [0.29, 0.717) is 0 Å². The molecular weight excluding hydrogens is 220 g/mol. The van der Waals surface area contributed by atoms with Crippen molar-refractivity contribution in [2.75, 3.05) is 13.7 Å². The molecule has 1 aromatic carbocycles. The molecule has 98 valence electrons. The van der Waals surface area contributed by atoms with Crippen LogP contribution in [0.15, 0.2) is 54.1 Å². The van der Waals surface area contributed by atoms with Crippen LogP contribution in [-0.4, -0.2) is 13.7 Å². The second-order valence-electron chi connectivity index (χ2n) is 4.41. The largest absolute Gasteiger partial charge is 0.385 e. The molecule has 0 atom stereocenters. The number of methoxy groups -OCH3 is 1. The lowest BCUT2D eigenvalue weighted by Crippen LogP contribution is -1.90. The lowest BCUT2D eigenvalue weighted by atomic mass is 10.00. The Morgan fingerprint density at radius 2 is 1.89 bits per heavy atom. The molecule has 0 radical (unpaired) electrons. The Balaban J connectivity index is 0.000000280. The Kier molecular flexibility index (Phi) is 7.90.